The van der Waals surface area contributed by atoms with Gasteiger partial charge in [0.1, 0.15) is 0 Å². The topological polar surface area (TPSA) is 91.8 Å². The van der Waals surface area contributed by atoms with E-state index >= 15 is 0 Å². The van der Waals surface area contributed by atoms with Gasteiger partial charge in [0.15, 0.2) is 11.5 Å². The number of benzene rings is 1. The fourth-order valence-electron chi connectivity index (χ4n) is 4.04. The van der Waals surface area contributed by atoms with Gasteiger partial charge in [-0.2, -0.15) is 4.31 Å². The van der Waals surface area contributed by atoms with Crippen LogP contribution in [0.25, 0.3) is 0 Å². The molecule has 3 aliphatic rings. The Balaban J connectivity index is 1.31. The van der Waals surface area contributed by atoms with Gasteiger partial charge in [0, 0.05) is 64.8 Å². The standard InChI is InChI=1S/C20H31N3O6S/c24-17(16-22-8-12-27-13-9-22)15-21-4-6-23(7-5-21)30(25,26)18-2-3-19-20(14-18)29-11-1-10-28-19/h2-3,14,17,24H,1,4-13,15-16H2/t17-/m1/s1. The van der Waals surface area contributed by atoms with Crippen LogP contribution in [0.5, 0.6) is 11.5 Å². The van der Waals surface area contributed by atoms with Gasteiger partial charge in [-0.1, -0.05) is 0 Å². The Bertz CT molecular complexity index is 807. The van der Waals surface area contributed by atoms with Crippen LogP contribution >= 0.6 is 0 Å². The molecular weight excluding hydrogens is 410 g/mol. The van der Waals surface area contributed by atoms with Crippen LogP contribution < -0.4 is 9.47 Å². The third-order valence-corrected chi connectivity index (χ3v) is 7.62. The number of aliphatic hydroxyl groups is 1. The molecule has 2 fully saturated rings. The Kier molecular flexibility index (Phi) is 7.12. The number of hydrogen-bond acceptors (Lipinski definition) is 8. The van der Waals surface area contributed by atoms with Crippen molar-refractivity contribution in [1.82, 2.24) is 14.1 Å². The summed E-state index contributed by atoms with van der Waals surface area (Å²) in [5, 5.41) is 10.4. The summed E-state index contributed by atoms with van der Waals surface area (Å²) in [5.41, 5.74) is 0. The number of β-amino-alcohol motifs (C(OH)–C–C–N with tert-alkyl or cyclic N) is 1. The average Bonchev–Trinajstić information content (AvgIpc) is 2.99. The molecule has 0 unspecified atom stereocenters. The van der Waals surface area contributed by atoms with E-state index in [2.05, 4.69) is 9.80 Å². The molecule has 0 saturated carbocycles. The number of hydrogen-bond donors (Lipinski definition) is 1. The van der Waals surface area contributed by atoms with Crippen LogP contribution in [0.1, 0.15) is 6.42 Å². The zero-order chi connectivity index (χ0) is 21.0. The van der Waals surface area contributed by atoms with E-state index in [4.69, 9.17) is 14.2 Å². The normalized spacial score (nSPS) is 23.1. The molecule has 30 heavy (non-hydrogen) atoms. The van der Waals surface area contributed by atoms with Gasteiger partial charge in [-0.15, -0.1) is 0 Å². The molecule has 3 aliphatic heterocycles. The van der Waals surface area contributed by atoms with Crippen LogP contribution in [0.3, 0.4) is 0 Å². The molecular formula is C20H31N3O6S. The second-order valence-electron chi connectivity index (χ2n) is 7.93. The lowest BCUT2D eigenvalue weighted by Crippen LogP contribution is -2.52. The maximum Gasteiger partial charge on any atom is 0.243 e. The van der Waals surface area contributed by atoms with E-state index in [1.54, 1.807) is 18.2 Å². The fraction of sp³-hybridized carbons (Fsp3) is 0.700. The lowest BCUT2D eigenvalue weighted by molar-refractivity contribution is 0.00469. The van der Waals surface area contributed by atoms with Crippen LogP contribution in [0.15, 0.2) is 23.1 Å². The molecule has 0 spiro atoms. The first-order valence-corrected chi connectivity index (χ1v) is 12.1. The van der Waals surface area contributed by atoms with Gasteiger partial charge in [0.2, 0.25) is 10.0 Å². The first kappa shape index (κ1) is 21.8. The van der Waals surface area contributed by atoms with Gasteiger partial charge in [0.25, 0.3) is 0 Å². The van der Waals surface area contributed by atoms with Gasteiger partial charge < -0.3 is 19.3 Å². The number of fused-ring (bicyclic) bond motifs is 1. The number of rotatable bonds is 6. The summed E-state index contributed by atoms with van der Waals surface area (Å²) in [6.45, 7) is 7.38. The molecule has 0 aliphatic carbocycles. The lowest BCUT2D eigenvalue weighted by atomic mass is 10.2. The molecule has 1 aromatic carbocycles. The number of piperazine rings is 1. The van der Waals surface area contributed by atoms with Gasteiger partial charge in [-0.25, -0.2) is 8.42 Å². The summed E-state index contributed by atoms with van der Waals surface area (Å²) >= 11 is 0. The smallest absolute Gasteiger partial charge is 0.243 e. The second kappa shape index (κ2) is 9.80. The monoisotopic (exact) mass is 441 g/mol. The molecule has 1 N–H and O–H groups in total. The van der Waals surface area contributed by atoms with Gasteiger partial charge in [-0.05, 0) is 12.1 Å². The van der Waals surface area contributed by atoms with Crippen molar-refractivity contribution < 1.29 is 27.7 Å². The maximum atomic E-state index is 13.1. The van der Waals surface area contributed by atoms with Crippen molar-refractivity contribution >= 4 is 10.0 Å². The minimum Gasteiger partial charge on any atom is -0.490 e. The first-order chi connectivity index (χ1) is 14.5. The van der Waals surface area contributed by atoms with Crippen LogP contribution in [-0.2, 0) is 14.8 Å². The summed E-state index contributed by atoms with van der Waals surface area (Å²) in [6.07, 6.45) is 0.323. The Morgan fingerprint density at radius 2 is 1.50 bits per heavy atom. The molecule has 3 heterocycles. The van der Waals surface area contributed by atoms with Gasteiger partial charge in [-0.3, -0.25) is 9.80 Å². The molecule has 168 valence electrons. The second-order valence-corrected chi connectivity index (χ2v) is 9.87. The molecule has 2 saturated heterocycles. The first-order valence-electron chi connectivity index (χ1n) is 10.6. The SMILES string of the molecule is O=S(=O)(c1ccc2c(c1)OCCCO2)N1CCN(C[C@@H](O)CN2CCOCC2)CC1. The van der Waals surface area contributed by atoms with E-state index in [1.807, 2.05) is 0 Å². The minimum absolute atomic E-state index is 0.229. The van der Waals surface area contributed by atoms with Crippen LogP contribution in [0.2, 0.25) is 0 Å². The number of nitrogens with zero attached hydrogens (tertiary/aromatic N) is 3. The van der Waals surface area contributed by atoms with Crippen molar-refractivity contribution in [3.05, 3.63) is 18.2 Å². The zero-order valence-corrected chi connectivity index (χ0v) is 18.1. The van der Waals surface area contributed by atoms with Gasteiger partial charge in [0.05, 0.1) is 37.4 Å². The third kappa shape index (κ3) is 5.24. The zero-order valence-electron chi connectivity index (χ0n) is 17.2. The lowest BCUT2D eigenvalue weighted by Gasteiger charge is -2.36. The van der Waals surface area contributed by atoms with Crippen LogP contribution in [-0.4, -0.2) is 113 Å². The highest BCUT2D eigenvalue weighted by molar-refractivity contribution is 7.89. The number of sulfonamides is 1. The Labute approximate surface area is 178 Å². The van der Waals surface area contributed by atoms with E-state index in [-0.39, 0.29) is 4.90 Å². The molecule has 0 amide bonds. The van der Waals surface area contributed by atoms with Crippen molar-refractivity contribution in [3.63, 3.8) is 0 Å². The van der Waals surface area contributed by atoms with Crippen LogP contribution in [0.4, 0.5) is 0 Å². The summed E-state index contributed by atoms with van der Waals surface area (Å²) < 4.78 is 44.3. The summed E-state index contributed by atoms with van der Waals surface area (Å²) in [4.78, 5) is 4.57. The third-order valence-electron chi connectivity index (χ3n) is 5.73. The molecule has 0 aromatic heterocycles. The van der Waals surface area contributed by atoms with Gasteiger partial charge >= 0.3 is 0 Å². The molecule has 0 bridgehead atoms. The van der Waals surface area contributed by atoms with Crippen molar-refractivity contribution in [2.24, 2.45) is 0 Å². The van der Waals surface area contributed by atoms with E-state index < -0.39 is 16.1 Å². The number of ether oxygens (including phenoxy) is 3. The molecule has 1 aromatic rings. The Morgan fingerprint density at radius 1 is 0.867 bits per heavy atom. The molecule has 0 radical (unpaired) electrons. The highest BCUT2D eigenvalue weighted by Crippen LogP contribution is 2.33. The predicted octanol–water partition coefficient (Wildman–Crippen LogP) is -0.153. The van der Waals surface area contributed by atoms with Crippen molar-refractivity contribution in [1.29, 1.82) is 0 Å². The number of aliphatic hydroxyl groups excluding tert-OH is 1. The minimum atomic E-state index is -3.60. The van der Waals surface area contributed by atoms with Crippen molar-refractivity contribution in [2.75, 3.05) is 78.8 Å². The molecule has 10 heteroatoms. The summed E-state index contributed by atoms with van der Waals surface area (Å²) in [5.74, 6) is 1.07. The Hall–Kier alpha value is -1.43. The van der Waals surface area contributed by atoms with E-state index in [1.165, 1.54) is 4.31 Å². The quantitative estimate of drug-likeness (QED) is 0.652. The van der Waals surface area contributed by atoms with E-state index in [0.717, 1.165) is 19.5 Å². The Morgan fingerprint density at radius 3 is 2.20 bits per heavy atom. The predicted molar refractivity (Wildman–Crippen MR) is 111 cm³/mol. The average molecular weight is 442 g/mol. The van der Waals surface area contributed by atoms with Crippen LogP contribution in [0, 0.1) is 0 Å². The molecule has 1 atom stereocenters. The molecule has 4 rings (SSSR count). The summed E-state index contributed by atoms with van der Waals surface area (Å²) in [6, 6.07) is 4.82. The number of morpholine rings is 1. The van der Waals surface area contributed by atoms with E-state index in [0.29, 0.717) is 77.2 Å². The van der Waals surface area contributed by atoms with Crippen molar-refractivity contribution in [2.45, 2.75) is 17.4 Å². The van der Waals surface area contributed by atoms with Crippen molar-refractivity contribution in [3.8, 4) is 11.5 Å². The summed E-state index contributed by atoms with van der Waals surface area (Å²) in [7, 11) is -3.60. The maximum absolute atomic E-state index is 13.1. The highest BCUT2D eigenvalue weighted by Gasteiger charge is 2.30. The van der Waals surface area contributed by atoms with E-state index in [9.17, 15) is 13.5 Å². The fourth-order valence-corrected chi connectivity index (χ4v) is 5.48. The largest absolute Gasteiger partial charge is 0.490 e. The highest BCUT2D eigenvalue weighted by atomic mass is 32.2. The molecule has 9 nitrogen and oxygen atoms in total.